The third-order valence-electron chi connectivity index (χ3n) is 4.10. The van der Waals surface area contributed by atoms with Crippen LogP contribution in [0.2, 0.25) is 5.02 Å². The lowest BCUT2D eigenvalue weighted by atomic mass is 10.2. The van der Waals surface area contributed by atoms with E-state index in [0.717, 1.165) is 5.56 Å². The summed E-state index contributed by atoms with van der Waals surface area (Å²) in [6, 6.07) is 11.5. The van der Waals surface area contributed by atoms with Crippen molar-refractivity contribution in [2.45, 2.75) is 19.8 Å². The molecule has 1 heterocycles. The lowest BCUT2D eigenvalue weighted by Crippen LogP contribution is -2.33. The van der Waals surface area contributed by atoms with E-state index in [1.54, 1.807) is 30.3 Å². The van der Waals surface area contributed by atoms with Crippen molar-refractivity contribution in [2.24, 2.45) is 0 Å². The standard InChI is InChI=1S/C21H19ClFN3O3/c1-13-6-7-17(15(22)10-13)26-20(28)12-24-19(27)8-9-21-25-11-18(29-21)14-4-2-3-5-16(14)23/h2-7,10-11H,8-9,12H2,1H3,(H,24,27)(H,26,28). The molecule has 3 aromatic rings. The molecule has 2 N–H and O–H groups in total. The zero-order valence-electron chi connectivity index (χ0n) is 15.7. The van der Waals surface area contributed by atoms with Crippen molar-refractivity contribution < 1.29 is 18.4 Å². The molecule has 0 aliphatic heterocycles. The third-order valence-corrected chi connectivity index (χ3v) is 4.42. The molecule has 2 aromatic carbocycles. The molecule has 8 heteroatoms. The molecule has 0 saturated carbocycles. The maximum Gasteiger partial charge on any atom is 0.243 e. The van der Waals surface area contributed by atoms with Crippen LogP contribution in [-0.2, 0) is 16.0 Å². The number of carbonyl (C=O) groups is 2. The molecule has 0 spiro atoms. The number of halogens is 2. The number of aromatic nitrogens is 1. The van der Waals surface area contributed by atoms with Crippen molar-refractivity contribution in [3.05, 3.63) is 71.0 Å². The van der Waals surface area contributed by atoms with Crippen molar-refractivity contribution in [3.63, 3.8) is 0 Å². The highest BCUT2D eigenvalue weighted by molar-refractivity contribution is 6.33. The van der Waals surface area contributed by atoms with Crippen LogP contribution in [0.15, 0.2) is 53.1 Å². The van der Waals surface area contributed by atoms with Crippen molar-refractivity contribution in [2.75, 3.05) is 11.9 Å². The predicted octanol–water partition coefficient (Wildman–Crippen LogP) is 4.13. The molecule has 0 saturated heterocycles. The Morgan fingerprint density at radius 2 is 1.97 bits per heavy atom. The Labute approximate surface area is 172 Å². The van der Waals surface area contributed by atoms with Gasteiger partial charge in [-0.05, 0) is 36.8 Å². The van der Waals surface area contributed by atoms with Crippen molar-refractivity contribution in [1.29, 1.82) is 0 Å². The lowest BCUT2D eigenvalue weighted by Gasteiger charge is -2.08. The molecular formula is C21H19ClFN3O3. The second-order valence-electron chi connectivity index (χ2n) is 6.41. The largest absolute Gasteiger partial charge is 0.441 e. The summed E-state index contributed by atoms with van der Waals surface area (Å²) in [7, 11) is 0. The Kier molecular flexibility index (Phi) is 6.61. The monoisotopic (exact) mass is 415 g/mol. The first-order valence-corrected chi connectivity index (χ1v) is 9.32. The minimum atomic E-state index is -0.410. The molecule has 29 heavy (non-hydrogen) atoms. The molecule has 0 aliphatic carbocycles. The summed E-state index contributed by atoms with van der Waals surface area (Å²) in [5.41, 5.74) is 1.77. The number of aryl methyl sites for hydroxylation is 2. The zero-order chi connectivity index (χ0) is 20.8. The van der Waals surface area contributed by atoms with E-state index < -0.39 is 5.82 Å². The van der Waals surface area contributed by atoms with Gasteiger partial charge in [0.05, 0.1) is 29.0 Å². The number of anilines is 1. The van der Waals surface area contributed by atoms with E-state index in [9.17, 15) is 14.0 Å². The number of benzene rings is 2. The molecule has 0 aliphatic rings. The van der Waals surface area contributed by atoms with Gasteiger partial charge in [-0.3, -0.25) is 9.59 Å². The highest BCUT2D eigenvalue weighted by Crippen LogP contribution is 2.24. The Bertz CT molecular complexity index is 1040. The van der Waals surface area contributed by atoms with E-state index >= 15 is 0 Å². The van der Waals surface area contributed by atoms with Crippen LogP contribution in [0.1, 0.15) is 17.9 Å². The van der Waals surface area contributed by atoms with Crippen LogP contribution in [0.3, 0.4) is 0 Å². The lowest BCUT2D eigenvalue weighted by molar-refractivity contribution is -0.124. The number of nitrogens with zero attached hydrogens (tertiary/aromatic N) is 1. The minimum absolute atomic E-state index is 0.0792. The molecule has 0 atom stereocenters. The fraction of sp³-hybridized carbons (Fsp3) is 0.190. The maximum atomic E-state index is 13.8. The van der Waals surface area contributed by atoms with Gasteiger partial charge in [0.25, 0.3) is 0 Å². The van der Waals surface area contributed by atoms with Gasteiger partial charge >= 0.3 is 0 Å². The van der Waals surface area contributed by atoms with Crippen LogP contribution in [0.25, 0.3) is 11.3 Å². The smallest absolute Gasteiger partial charge is 0.243 e. The molecule has 150 valence electrons. The van der Waals surface area contributed by atoms with Gasteiger partial charge in [0.1, 0.15) is 5.82 Å². The SMILES string of the molecule is Cc1ccc(NC(=O)CNC(=O)CCc2ncc(-c3ccccc3F)o2)c(Cl)c1. The van der Waals surface area contributed by atoms with Crippen molar-refractivity contribution >= 4 is 29.1 Å². The van der Waals surface area contributed by atoms with Gasteiger partial charge in [-0.25, -0.2) is 9.37 Å². The van der Waals surface area contributed by atoms with Crippen LogP contribution in [0.4, 0.5) is 10.1 Å². The molecule has 0 fully saturated rings. The van der Waals surface area contributed by atoms with Crippen LogP contribution in [0, 0.1) is 12.7 Å². The second-order valence-corrected chi connectivity index (χ2v) is 6.81. The minimum Gasteiger partial charge on any atom is -0.441 e. The zero-order valence-corrected chi connectivity index (χ0v) is 16.4. The van der Waals surface area contributed by atoms with E-state index in [0.29, 0.717) is 27.9 Å². The molecule has 6 nitrogen and oxygen atoms in total. The van der Waals surface area contributed by atoms with Gasteiger partial charge in [-0.2, -0.15) is 0 Å². The number of oxazole rings is 1. The van der Waals surface area contributed by atoms with Gasteiger partial charge in [0, 0.05) is 12.8 Å². The third kappa shape index (κ3) is 5.65. The molecular weight excluding hydrogens is 397 g/mol. The normalized spacial score (nSPS) is 10.6. The summed E-state index contributed by atoms with van der Waals surface area (Å²) >= 11 is 6.07. The molecule has 1 aromatic heterocycles. The summed E-state index contributed by atoms with van der Waals surface area (Å²) in [6.45, 7) is 1.71. The average Bonchev–Trinajstić information content (AvgIpc) is 3.16. The van der Waals surface area contributed by atoms with E-state index in [-0.39, 0.29) is 31.2 Å². The number of hydrogen-bond donors (Lipinski definition) is 2. The number of hydrogen-bond acceptors (Lipinski definition) is 4. The van der Waals surface area contributed by atoms with Crippen LogP contribution in [-0.4, -0.2) is 23.3 Å². The first-order chi connectivity index (χ1) is 13.9. The molecule has 0 unspecified atom stereocenters. The maximum absolute atomic E-state index is 13.8. The second kappa shape index (κ2) is 9.34. The van der Waals surface area contributed by atoms with Crippen LogP contribution in [0.5, 0.6) is 0 Å². The number of amides is 2. The van der Waals surface area contributed by atoms with E-state index in [4.69, 9.17) is 16.0 Å². The van der Waals surface area contributed by atoms with E-state index in [1.807, 2.05) is 13.0 Å². The van der Waals surface area contributed by atoms with E-state index in [2.05, 4.69) is 15.6 Å². The summed E-state index contributed by atoms with van der Waals surface area (Å²) in [5, 5.41) is 5.60. The summed E-state index contributed by atoms with van der Waals surface area (Å²) in [4.78, 5) is 28.0. The number of rotatable bonds is 7. The van der Waals surface area contributed by atoms with Crippen LogP contribution >= 0.6 is 11.6 Å². The first kappa shape index (κ1) is 20.5. The molecule has 0 bridgehead atoms. The Morgan fingerprint density at radius 3 is 2.72 bits per heavy atom. The Morgan fingerprint density at radius 1 is 1.17 bits per heavy atom. The van der Waals surface area contributed by atoms with Crippen molar-refractivity contribution in [3.8, 4) is 11.3 Å². The predicted molar refractivity (Wildman–Crippen MR) is 108 cm³/mol. The fourth-order valence-corrected chi connectivity index (χ4v) is 2.90. The summed E-state index contributed by atoms with van der Waals surface area (Å²) in [6.07, 6.45) is 1.73. The van der Waals surface area contributed by atoms with Gasteiger partial charge in [0.2, 0.25) is 11.8 Å². The average molecular weight is 416 g/mol. The highest BCUT2D eigenvalue weighted by atomic mass is 35.5. The quantitative estimate of drug-likeness (QED) is 0.607. The molecule has 2 amide bonds. The fourth-order valence-electron chi connectivity index (χ4n) is 2.62. The topological polar surface area (TPSA) is 84.2 Å². The Hall–Kier alpha value is -3.19. The van der Waals surface area contributed by atoms with Gasteiger partial charge < -0.3 is 15.1 Å². The Balaban J connectivity index is 1.45. The first-order valence-electron chi connectivity index (χ1n) is 8.94. The number of carbonyl (C=O) groups excluding carboxylic acids is 2. The van der Waals surface area contributed by atoms with E-state index in [1.165, 1.54) is 12.3 Å². The van der Waals surface area contributed by atoms with Gasteiger partial charge in [-0.1, -0.05) is 29.8 Å². The van der Waals surface area contributed by atoms with Gasteiger partial charge in [0.15, 0.2) is 11.7 Å². The summed E-state index contributed by atoms with van der Waals surface area (Å²) in [5.74, 6) is -0.516. The van der Waals surface area contributed by atoms with Gasteiger partial charge in [-0.15, -0.1) is 0 Å². The number of nitrogens with one attached hydrogen (secondary N) is 2. The highest BCUT2D eigenvalue weighted by Gasteiger charge is 2.13. The molecule has 0 radical (unpaired) electrons. The summed E-state index contributed by atoms with van der Waals surface area (Å²) < 4.78 is 19.3. The van der Waals surface area contributed by atoms with Crippen LogP contribution < -0.4 is 10.6 Å². The molecule has 3 rings (SSSR count). The van der Waals surface area contributed by atoms with Crippen molar-refractivity contribution in [1.82, 2.24) is 10.3 Å².